The molecular weight excluding hydrogens is 222 g/mol. The lowest BCUT2D eigenvalue weighted by Gasteiger charge is -2.40. The fourth-order valence-electron chi connectivity index (χ4n) is 2.25. The number of likely N-dealkylation sites (tertiary alicyclic amines) is 2. The third-order valence-corrected chi connectivity index (χ3v) is 3.35. The number of nitrogens with two attached hydrogens (primary N) is 1. The maximum Gasteiger partial charge on any atom is 0.243 e. The molecule has 0 spiro atoms. The standard InChI is InChI=1S/C10H17N5O2/c11-10(12)15-4-2-8(15)9(17)13-7-1-3-14(5-7)6-16/h6-8H,1-5H2,(H3,11,12)(H,13,17). The maximum absolute atomic E-state index is 11.9. The summed E-state index contributed by atoms with van der Waals surface area (Å²) in [6.07, 6.45) is 2.32. The van der Waals surface area contributed by atoms with Crippen molar-refractivity contribution in [3.05, 3.63) is 0 Å². The predicted molar refractivity (Wildman–Crippen MR) is 61.2 cm³/mol. The first-order chi connectivity index (χ1) is 8.11. The van der Waals surface area contributed by atoms with Gasteiger partial charge >= 0.3 is 0 Å². The molecule has 0 aromatic rings. The molecule has 2 heterocycles. The molecule has 94 valence electrons. The Morgan fingerprint density at radius 3 is 2.65 bits per heavy atom. The van der Waals surface area contributed by atoms with Crippen molar-refractivity contribution in [3.63, 3.8) is 0 Å². The lowest BCUT2D eigenvalue weighted by Crippen LogP contribution is -2.61. The molecule has 7 nitrogen and oxygen atoms in total. The summed E-state index contributed by atoms with van der Waals surface area (Å²) in [5, 5.41) is 10.2. The zero-order valence-electron chi connectivity index (χ0n) is 9.56. The molecule has 0 radical (unpaired) electrons. The Bertz CT molecular complexity index is 346. The SMILES string of the molecule is N=C(N)N1CCC1C(=O)NC1CCN(C=O)C1. The zero-order valence-corrected chi connectivity index (χ0v) is 9.56. The van der Waals surface area contributed by atoms with E-state index in [2.05, 4.69) is 5.32 Å². The van der Waals surface area contributed by atoms with Crippen LogP contribution < -0.4 is 11.1 Å². The van der Waals surface area contributed by atoms with Crippen molar-refractivity contribution in [2.24, 2.45) is 5.73 Å². The Labute approximate surface area is 99.4 Å². The summed E-state index contributed by atoms with van der Waals surface area (Å²) in [6.45, 7) is 1.93. The van der Waals surface area contributed by atoms with Gasteiger partial charge in [0.1, 0.15) is 6.04 Å². The highest BCUT2D eigenvalue weighted by Crippen LogP contribution is 2.17. The highest BCUT2D eigenvalue weighted by Gasteiger charge is 2.36. The smallest absolute Gasteiger partial charge is 0.243 e. The quantitative estimate of drug-likeness (QED) is 0.310. The van der Waals surface area contributed by atoms with Crippen molar-refractivity contribution < 1.29 is 9.59 Å². The van der Waals surface area contributed by atoms with Crippen molar-refractivity contribution in [2.75, 3.05) is 19.6 Å². The summed E-state index contributed by atoms with van der Waals surface area (Å²) in [7, 11) is 0. The molecule has 2 amide bonds. The number of amides is 2. The summed E-state index contributed by atoms with van der Waals surface area (Å²) >= 11 is 0. The van der Waals surface area contributed by atoms with E-state index in [1.807, 2.05) is 0 Å². The lowest BCUT2D eigenvalue weighted by molar-refractivity contribution is -0.129. The van der Waals surface area contributed by atoms with Crippen LogP contribution >= 0.6 is 0 Å². The summed E-state index contributed by atoms with van der Waals surface area (Å²) < 4.78 is 0. The van der Waals surface area contributed by atoms with Crippen LogP contribution in [0.15, 0.2) is 0 Å². The molecule has 0 aliphatic carbocycles. The molecule has 2 atom stereocenters. The molecule has 0 aromatic heterocycles. The van der Waals surface area contributed by atoms with E-state index in [0.717, 1.165) is 19.3 Å². The third-order valence-electron chi connectivity index (χ3n) is 3.35. The first kappa shape index (κ1) is 11.7. The molecule has 2 saturated heterocycles. The van der Waals surface area contributed by atoms with Gasteiger partial charge in [-0.2, -0.15) is 0 Å². The molecule has 2 aliphatic heterocycles. The van der Waals surface area contributed by atoms with Gasteiger partial charge in [-0.3, -0.25) is 15.0 Å². The van der Waals surface area contributed by atoms with Crippen LogP contribution in [-0.4, -0.2) is 59.8 Å². The maximum atomic E-state index is 11.9. The minimum atomic E-state index is -0.308. The normalized spacial score (nSPS) is 27.5. The molecule has 2 fully saturated rings. The van der Waals surface area contributed by atoms with Crippen LogP contribution in [0.1, 0.15) is 12.8 Å². The molecule has 2 rings (SSSR count). The Morgan fingerprint density at radius 2 is 2.18 bits per heavy atom. The molecule has 2 aliphatic rings. The first-order valence-corrected chi connectivity index (χ1v) is 5.72. The summed E-state index contributed by atoms with van der Waals surface area (Å²) in [5.41, 5.74) is 5.35. The fraction of sp³-hybridized carbons (Fsp3) is 0.700. The Kier molecular flexibility index (Phi) is 3.16. The third kappa shape index (κ3) is 2.32. The molecule has 17 heavy (non-hydrogen) atoms. The van der Waals surface area contributed by atoms with Crippen LogP contribution in [0.3, 0.4) is 0 Å². The van der Waals surface area contributed by atoms with Gasteiger partial charge in [-0.15, -0.1) is 0 Å². The number of hydrogen-bond acceptors (Lipinski definition) is 3. The second kappa shape index (κ2) is 4.60. The number of rotatable bonds is 3. The van der Waals surface area contributed by atoms with Gasteiger partial charge in [-0.05, 0) is 12.8 Å². The van der Waals surface area contributed by atoms with Gasteiger partial charge in [0.2, 0.25) is 12.3 Å². The van der Waals surface area contributed by atoms with E-state index in [4.69, 9.17) is 11.1 Å². The van der Waals surface area contributed by atoms with Crippen LogP contribution in [0.5, 0.6) is 0 Å². The van der Waals surface area contributed by atoms with Crippen LogP contribution in [0.2, 0.25) is 0 Å². The van der Waals surface area contributed by atoms with Gasteiger partial charge in [-0.25, -0.2) is 0 Å². The van der Waals surface area contributed by atoms with Crippen molar-refractivity contribution in [1.82, 2.24) is 15.1 Å². The van der Waals surface area contributed by atoms with Gasteiger partial charge in [-0.1, -0.05) is 0 Å². The Balaban J connectivity index is 1.82. The summed E-state index contributed by atoms with van der Waals surface area (Å²) in [6, 6.07) is -0.278. The van der Waals surface area contributed by atoms with E-state index in [1.54, 1.807) is 9.80 Å². The van der Waals surface area contributed by atoms with E-state index in [9.17, 15) is 9.59 Å². The molecule has 0 saturated carbocycles. The number of hydrogen-bond donors (Lipinski definition) is 3. The van der Waals surface area contributed by atoms with Crippen LogP contribution in [0, 0.1) is 5.41 Å². The van der Waals surface area contributed by atoms with E-state index in [1.165, 1.54) is 0 Å². The van der Waals surface area contributed by atoms with Crippen LogP contribution in [0.25, 0.3) is 0 Å². The van der Waals surface area contributed by atoms with Gasteiger partial charge in [0.05, 0.1) is 0 Å². The highest BCUT2D eigenvalue weighted by molar-refractivity contribution is 5.89. The minimum absolute atomic E-state index is 0.0297. The predicted octanol–water partition coefficient (Wildman–Crippen LogP) is -1.70. The fourth-order valence-corrected chi connectivity index (χ4v) is 2.25. The lowest BCUT2D eigenvalue weighted by atomic mass is 10.0. The van der Waals surface area contributed by atoms with E-state index in [-0.39, 0.29) is 24.0 Å². The molecule has 7 heteroatoms. The van der Waals surface area contributed by atoms with Crippen molar-refractivity contribution >= 4 is 18.3 Å². The van der Waals surface area contributed by atoms with Crippen molar-refractivity contribution in [1.29, 1.82) is 5.41 Å². The van der Waals surface area contributed by atoms with E-state index >= 15 is 0 Å². The summed E-state index contributed by atoms with van der Waals surface area (Å²) in [4.78, 5) is 25.6. The van der Waals surface area contributed by atoms with Gasteiger partial charge in [0, 0.05) is 25.7 Å². The van der Waals surface area contributed by atoms with Gasteiger partial charge < -0.3 is 20.9 Å². The summed E-state index contributed by atoms with van der Waals surface area (Å²) in [5.74, 6) is -0.151. The average Bonchev–Trinajstić information content (AvgIpc) is 2.62. The molecular formula is C10H17N5O2. The van der Waals surface area contributed by atoms with Crippen molar-refractivity contribution in [2.45, 2.75) is 24.9 Å². The number of guanidine groups is 1. The first-order valence-electron chi connectivity index (χ1n) is 5.72. The van der Waals surface area contributed by atoms with Gasteiger partial charge in [0.15, 0.2) is 5.96 Å². The van der Waals surface area contributed by atoms with Crippen LogP contribution in [0.4, 0.5) is 0 Å². The Hall–Kier alpha value is -1.79. The second-order valence-electron chi connectivity index (χ2n) is 4.48. The average molecular weight is 239 g/mol. The molecule has 0 bridgehead atoms. The molecule has 2 unspecified atom stereocenters. The highest BCUT2D eigenvalue weighted by atomic mass is 16.2. The zero-order chi connectivity index (χ0) is 12.4. The molecule has 4 N–H and O–H groups in total. The number of nitrogens with one attached hydrogen (secondary N) is 2. The largest absolute Gasteiger partial charge is 0.370 e. The number of nitrogens with zero attached hydrogens (tertiary/aromatic N) is 2. The van der Waals surface area contributed by atoms with Crippen molar-refractivity contribution in [3.8, 4) is 0 Å². The topological polar surface area (TPSA) is 103 Å². The van der Waals surface area contributed by atoms with Gasteiger partial charge in [0.25, 0.3) is 0 Å². The molecule has 0 aromatic carbocycles. The second-order valence-corrected chi connectivity index (χ2v) is 4.48. The number of carbonyl (C=O) groups excluding carboxylic acids is 2. The monoisotopic (exact) mass is 239 g/mol. The van der Waals surface area contributed by atoms with E-state index < -0.39 is 0 Å². The van der Waals surface area contributed by atoms with E-state index in [0.29, 0.717) is 19.6 Å². The number of carbonyl (C=O) groups is 2. The van der Waals surface area contributed by atoms with Crippen LogP contribution in [-0.2, 0) is 9.59 Å². The Morgan fingerprint density at radius 1 is 1.41 bits per heavy atom. The minimum Gasteiger partial charge on any atom is -0.370 e.